The molecule has 3 N–H and O–H groups in total. The summed E-state index contributed by atoms with van der Waals surface area (Å²) in [7, 11) is 0. The van der Waals surface area contributed by atoms with E-state index in [0.717, 1.165) is 19.4 Å². The first-order chi connectivity index (χ1) is 6.42. The van der Waals surface area contributed by atoms with Gasteiger partial charge in [-0.15, -0.1) is 0 Å². The monoisotopic (exact) mass is 177 g/mol. The summed E-state index contributed by atoms with van der Waals surface area (Å²) in [4.78, 5) is 4.39. The third-order valence-corrected chi connectivity index (χ3v) is 2.49. The molecule has 0 aliphatic heterocycles. The number of pyridine rings is 1. The molecule has 3 heteroatoms. The number of rotatable bonds is 3. The molecule has 1 aliphatic carbocycles. The van der Waals surface area contributed by atoms with Crippen LogP contribution in [0.1, 0.15) is 23.7 Å². The minimum absolute atomic E-state index is 0.430. The standard InChI is InChI=1S/C10H15N3/c11-5-7-12-9-4-3-8-2-1-6-13-10(8)9/h1-2,6,9,12H,3-5,7,11H2. The molecule has 13 heavy (non-hydrogen) atoms. The SMILES string of the molecule is NCCNC1CCc2cccnc21. The van der Waals surface area contributed by atoms with Gasteiger partial charge in [-0.25, -0.2) is 0 Å². The molecule has 0 fully saturated rings. The molecule has 1 aliphatic rings. The van der Waals surface area contributed by atoms with Crippen molar-refractivity contribution in [1.29, 1.82) is 0 Å². The normalized spacial score (nSPS) is 20.2. The summed E-state index contributed by atoms with van der Waals surface area (Å²) in [5, 5.41) is 3.40. The van der Waals surface area contributed by atoms with Crippen LogP contribution in [0.3, 0.4) is 0 Å². The summed E-state index contributed by atoms with van der Waals surface area (Å²) >= 11 is 0. The van der Waals surface area contributed by atoms with Gasteiger partial charge in [0.1, 0.15) is 0 Å². The van der Waals surface area contributed by atoms with Gasteiger partial charge >= 0.3 is 0 Å². The number of nitrogens with two attached hydrogens (primary N) is 1. The largest absolute Gasteiger partial charge is 0.329 e. The number of aromatic nitrogens is 1. The molecule has 0 bridgehead atoms. The Balaban J connectivity index is 2.09. The molecule has 1 unspecified atom stereocenters. The maximum atomic E-state index is 5.44. The molecule has 70 valence electrons. The smallest absolute Gasteiger partial charge is 0.0605 e. The van der Waals surface area contributed by atoms with Crippen molar-refractivity contribution in [2.75, 3.05) is 13.1 Å². The van der Waals surface area contributed by atoms with Crippen LogP contribution in [0.2, 0.25) is 0 Å². The topological polar surface area (TPSA) is 50.9 Å². The molecule has 1 aromatic rings. The van der Waals surface area contributed by atoms with Crippen molar-refractivity contribution in [3.05, 3.63) is 29.6 Å². The molecule has 0 spiro atoms. The summed E-state index contributed by atoms with van der Waals surface area (Å²) in [5.74, 6) is 0. The average molecular weight is 177 g/mol. The second-order valence-electron chi connectivity index (χ2n) is 3.38. The second-order valence-corrected chi connectivity index (χ2v) is 3.38. The summed E-state index contributed by atoms with van der Waals surface area (Å²) < 4.78 is 0. The van der Waals surface area contributed by atoms with E-state index in [1.54, 1.807) is 0 Å². The summed E-state index contributed by atoms with van der Waals surface area (Å²) in [6, 6.07) is 4.59. The first kappa shape index (κ1) is 8.66. The zero-order chi connectivity index (χ0) is 9.10. The molecule has 0 amide bonds. The zero-order valence-electron chi connectivity index (χ0n) is 7.66. The summed E-state index contributed by atoms with van der Waals surface area (Å²) in [5.41, 5.74) is 8.05. The highest BCUT2D eigenvalue weighted by Crippen LogP contribution is 2.28. The molecule has 2 rings (SSSR count). The Labute approximate surface area is 78.4 Å². The van der Waals surface area contributed by atoms with Crippen LogP contribution < -0.4 is 11.1 Å². The predicted molar refractivity (Wildman–Crippen MR) is 52.4 cm³/mol. The molecule has 0 radical (unpaired) electrons. The molecule has 0 aromatic carbocycles. The predicted octanol–water partition coefficient (Wildman–Crippen LogP) is 0.617. The second kappa shape index (κ2) is 3.85. The summed E-state index contributed by atoms with van der Waals surface area (Å²) in [6.07, 6.45) is 4.17. The fraction of sp³-hybridized carbons (Fsp3) is 0.500. The van der Waals surface area contributed by atoms with Gasteiger partial charge in [0, 0.05) is 19.3 Å². The first-order valence-electron chi connectivity index (χ1n) is 4.79. The van der Waals surface area contributed by atoms with E-state index in [1.807, 2.05) is 12.3 Å². The van der Waals surface area contributed by atoms with E-state index in [2.05, 4.69) is 16.4 Å². The molecular formula is C10H15N3. The summed E-state index contributed by atoms with van der Waals surface area (Å²) in [6.45, 7) is 1.57. The zero-order valence-corrected chi connectivity index (χ0v) is 7.66. The third kappa shape index (κ3) is 1.71. The van der Waals surface area contributed by atoms with Crippen LogP contribution in [0.25, 0.3) is 0 Å². The van der Waals surface area contributed by atoms with Crippen LogP contribution in [0.4, 0.5) is 0 Å². The van der Waals surface area contributed by atoms with Crippen LogP contribution in [0.15, 0.2) is 18.3 Å². The van der Waals surface area contributed by atoms with Crippen LogP contribution in [0.5, 0.6) is 0 Å². The lowest BCUT2D eigenvalue weighted by Gasteiger charge is -2.11. The molecule has 1 heterocycles. The van der Waals surface area contributed by atoms with E-state index in [1.165, 1.54) is 11.3 Å². The van der Waals surface area contributed by atoms with Gasteiger partial charge in [-0.3, -0.25) is 4.98 Å². The fourth-order valence-electron chi connectivity index (χ4n) is 1.87. The van der Waals surface area contributed by atoms with Crippen molar-refractivity contribution in [2.24, 2.45) is 5.73 Å². The minimum atomic E-state index is 0.430. The Bertz CT molecular complexity index is 285. The number of aryl methyl sites for hydroxylation is 1. The number of hydrogen-bond donors (Lipinski definition) is 2. The van der Waals surface area contributed by atoms with Crippen molar-refractivity contribution in [1.82, 2.24) is 10.3 Å². The van der Waals surface area contributed by atoms with Crippen LogP contribution in [-0.2, 0) is 6.42 Å². The van der Waals surface area contributed by atoms with Crippen molar-refractivity contribution in [2.45, 2.75) is 18.9 Å². The van der Waals surface area contributed by atoms with E-state index >= 15 is 0 Å². The van der Waals surface area contributed by atoms with Crippen LogP contribution >= 0.6 is 0 Å². The maximum Gasteiger partial charge on any atom is 0.0605 e. The maximum absolute atomic E-state index is 5.44. The van der Waals surface area contributed by atoms with E-state index in [0.29, 0.717) is 12.6 Å². The van der Waals surface area contributed by atoms with Gasteiger partial charge < -0.3 is 11.1 Å². The highest BCUT2D eigenvalue weighted by molar-refractivity contribution is 5.27. The Morgan fingerprint density at radius 2 is 2.54 bits per heavy atom. The lowest BCUT2D eigenvalue weighted by Crippen LogP contribution is -2.26. The van der Waals surface area contributed by atoms with Gasteiger partial charge in [0.2, 0.25) is 0 Å². The lowest BCUT2D eigenvalue weighted by atomic mass is 10.2. The lowest BCUT2D eigenvalue weighted by molar-refractivity contribution is 0.529. The van der Waals surface area contributed by atoms with Gasteiger partial charge in [0.05, 0.1) is 11.7 Å². The number of nitrogens with one attached hydrogen (secondary N) is 1. The number of fused-ring (bicyclic) bond motifs is 1. The van der Waals surface area contributed by atoms with Crippen molar-refractivity contribution in [3.63, 3.8) is 0 Å². The number of hydrogen-bond acceptors (Lipinski definition) is 3. The Hall–Kier alpha value is -0.930. The minimum Gasteiger partial charge on any atom is -0.329 e. The quantitative estimate of drug-likeness (QED) is 0.711. The average Bonchev–Trinajstić information content (AvgIpc) is 2.58. The fourth-order valence-corrected chi connectivity index (χ4v) is 1.87. The van der Waals surface area contributed by atoms with Gasteiger partial charge in [-0.05, 0) is 24.5 Å². The molecular weight excluding hydrogens is 162 g/mol. The van der Waals surface area contributed by atoms with Crippen molar-refractivity contribution in [3.8, 4) is 0 Å². The van der Waals surface area contributed by atoms with Gasteiger partial charge in [0.25, 0.3) is 0 Å². The highest BCUT2D eigenvalue weighted by atomic mass is 15.0. The molecule has 0 saturated carbocycles. The molecule has 3 nitrogen and oxygen atoms in total. The molecule has 0 saturated heterocycles. The Morgan fingerprint density at radius 3 is 3.38 bits per heavy atom. The van der Waals surface area contributed by atoms with Crippen LogP contribution in [0, 0.1) is 0 Å². The van der Waals surface area contributed by atoms with Crippen molar-refractivity contribution < 1.29 is 0 Å². The number of nitrogens with zero attached hydrogens (tertiary/aromatic N) is 1. The van der Waals surface area contributed by atoms with Gasteiger partial charge in [0.15, 0.2) is 0 Å². The van der Waals surface area contributed by atoms with E-state index in [-0.39, 0.29) is 0 Å². The first-order valence-corrected chi connectivity index (χ1v) is 4.79. The van der Waals surface area contributed by atoms with Crippen LogP contribution in [-0.4, -0.2) is 18.1 Å². The van der Waals surface area contributed by atoms with E-state index in [9.17, 15) is 0 Å². The Kier molecular flexibility index (Phi) is 2.57. The van der Waals surface area contributed by atoms with Gasteiger partial charge in [-0.1, -0.05) is 6.07 Å². The van der Waals surface area contributed by atoms with E-state index < -0.39 is 0 Å². The van der Waals surface area contributed by atoms with Gasteiger partial charge in [-0.2, -0.15) is 0 Å². The Morgan fingerprint density at radius 1 is 1.62 bits per heavy atom. The van der Waals surface area contributed by atoms with E-state index in [4.69, 9.17) is 5.73 Å². The molecule has 1 aromatic heterocycles. The highest BCUT2D eigenvalue weighted by Gasteiger charge is 2.22. The molecule has 1 atom stereocenters. The third-order valence-electron chi connectivity index (χ3n) is 2.49. The van der Waals surface area contributed by atoms with Crippen molar-refractivity contribution >= 4 is 0 Å².